The Bertz CT molecular complexity index is 836. The van der Waals surface area contributed by atoms with Crippen LogP contribution in [0.4, 0.5) is 18.9 Å². The molecule has 3 rings (SSSR count). The van der Waals surface area contributed by atoms with E-state index in [0.717, 1.165) is 16.1 Å². The highest BCUT2D eigenvalue weighted by atomic mass is 32.2. The predicted molar refractivity (Wildman–Crippen MR) is 83.7 cm³/mol. The minimum atomic E-state index is -4.21. The normalized spacial score (nSPS) is 16.4. The van der Waals surface area contributed by atoms with Gasteiger partial charge in [0.25, 0.3) is 0 Å². The van der Waals surface area contributed by atoms with Crippen LogP contribution in [-0.2, 0) is 10.0 Å². The topological polar surface area (TPSA) is 40.6 Å². The van der Waals surface area contributed by atoms with Gasteiger partial charge in [0.15, 0.2) is 17.5 Å². The fraction of sp³-hybridized carbons (Fsp3) is 0.250. The molecule has 1 aliphatic heterocycles. The fourth-order valence-corrected chi connectivity index (χ4v) is 4.15. The van der Waals surface area contributed by atoms with E-state index in [1.54, 1.807) is 0 Å². The van der Waals surface area contributed by atoms with Gasteiger partial charge in [-0.2, -0.15) is 4.31 Å². The number of piperazine rings is 1. The molecule has 0 radical (unpaired) electrons. The number of rotatable bonds is 3. The van der Waals surface area contributed by atoms with Gasteiger partial charge in [0, 0.05) is 31.9 Å². The van der Waals surface area contributed by atoms with E-state index in [9.17, 15) is 21.6 Å². The van der Waals surface area contributed by atoms with Crippen LogP contribution in [0.1, 0.15) is 0 Å². The molecule has 4 nitrogen and oxygen atoms in total. The zero-order valence-corrected chi connectivity index (χ0v) is 13.4. The van der Waals surface area contributed by atoms with Crippen molar-refractivity contribution in [2.75, 3.05) is 31.1 Å². The summed E-state index contributed by atoms with van der Waals surface area (Å²) >= 11 is 0. The number of halogens is 3. The van der Waals surface area contributed by atoms with E-state index >= 15 is 0 Å². The molecule has 1 saturated heterocycles. The minimum Gasteiger partial charge on any atom is -0.369 e. The molecule has 2 aromatic rings. The molecule has 1 fully saturated rings. The van der Waals surface area contributed by atoms with Crippen LogP contribution in [0.15, 0.2) is 47.4 Å². The highest BCUT2D eigenvalue weighted by Crippen LogP contribution is 2.25. The molecule has 0 atom stereocenters. The monoisotopic (exact) mass is 356 g/mol. The third kappa shape index (κ3) is 2.99. The van der Waals surface area contributed by atoms with Gasteiger partial charge >= 0.3 is 0 Å². The van der Waals surface area contributed by atoms with Crippen molar-refractivity contribution in [1.29, 1.82) is 0 Å². The summed E-state index contributed by atoms with van der Waals surface area (Å²) in [5.74, 6) is -4.88. The number of benzene rings is 2. The first-order valence-electron chi connectivity index (χ1n) is 7.35. The summed E-state index contributed by atoms with van der Waals surface area (Å²) in [6.45, 7) is 1.12. The van der Waals surface area contributed by atoms with Crippen molar-refractivity contribution in [2.24, 2.45) is 0 Å². The molecule has 0 aliphatic carbocycles. The van der Waals surface area contributed by atoms with Gasteiger partial charge in [-0.1, -0.05) is 18.2 Å². The number of hydrogen-bond donors (Lipinski definition) is 0. The molecular weight excluding hydrogens is 341 g/mol. The third-order valence-corrected chi connectivity index (χ3v) is 5.89. The van der Waals surface area contributed by atoms with Gasteiger partial charge < -0.3 is 4.90 Å². The van der Waals surface area contributed by atoms with Crippen LogP contribution in [0.25, 0.3) is 0 Å². The van der Waals surface area contributed by atoms with Crippen LogP contribution in [-0.4, -0.2) is 38.9 Å². The van der Waals surface area contributed by atoms with E-state index in [2.05, 4.69) is 0 Å². The lowest BCUT2D eigenvalue weighted by Gasteiger charge is -2.35. The van der Waals surface area contributed by atoms with Crippen molar-refractivity contribution in [3.63, 3.8) is 0 Å². The summed E-state index contributed by atoms with van der Waals surface area (Å²) in [7, 11) is -4.21. The number of para-hydroxylation sites is 1. The molecule has 0 saturated carbocycles. The lowest BCUT2D eigenvalue weighted by atomic mass is 10.2. The maximum absolute atomic E-state index is 13.8. The van der Waals surface area contributed by atoms with Gasteiger partial charge in [0.05, 0.1) is 0 Å². The molecule has 0 unspecified atom stereocenters. The van der Waals surface area contributed by atoms with Crippen molar-refractivity contribution in [3.05, 3.63) is 59.9 Å². The second-order valence-electron chi connectivity index (χ2n) is 5.40. The van der Waals surface area contributed by atoms with E-state index in [4.69, 9.17) is 0 Å². The number of sulfonamides is 1. The number of anilines is 1. The molecule has 24 heavy (non-hydrogen) atoms. The lowest BCUT2D eigenvalue weighted by Crippen LogP contribution is -2.48. The highest BCUT2D eigenvalue weighted by molar-refractivity contribution is 7.89. The summed E-state index contributed by atoms with van der Waals surface area (Å²) in [4.78, 5) is 1.17. The molecule has 8 heteroatoms. The van der Waals surface area contributed by atoms with Crippen molar-refractivity contribution < 1.29 is 21.6 Å². The SMILES string of the molecule is O=S(=O)(c1ccc(F)c(F)c1F)N1CCN(c2ccccc2)CC1. The average Bonchev–Trinajstić information content (AvgIpc) is 2.60. The quantitative estimate of drug-likeness (QED) is 0.794. The van der Waals surface area contributed by atoms with E-state index in [1.165, 1.54) is 0 Å². The van der Waals surface area contributed by atoms with Crippen LogP contribution >= 0.6 is 0 Å². The lowest BCUT2D eigenvalue weighted by molar-refractivity contribution is 0.377. The summed E-state index contributed by atoms with van der Waals surface area (Å²) in [6.07, 6.45) is 0. The fourth-order valence-electron chi connectivity index (χ4n) is 2.67. The van der Waals surface area contributed by atoms with Crippen LogP contribution in [0, 0.1) is 17.5 Å². The second kappa shape index (κ2) is 6.45. The van der Waals surface area contributed by atoms with Gasteiger partial charge in [-0.3, -0.25) is 0 Å². The summed E-state index contributed by atoms with van der Waals surface area (Å²) in [5, 5.41) is 0. The van der Waals surface area contributed by atoms with Crippen LogP contribution in [0.3, 0.4) is 0 Å². The van der Waals surface area contributed by atoms with Gasteiger partial charge in [0.1, 0.15) is 4.90 Å². The Balaban J connectivity index is 1.80. The summed E-state index contributed by atoms with van der Waals surface area (Å²) < 4.78 is 66.2. The maximum atomic E-state index is 13.8. The zero-order chi connectivity index (χ0) is 17.3. The van der Waals surface area contributed by atoms with Gasteiger partial charge in [-0.15, -0.1) is 0 Å². The van der Waals surface area contributed by atoms with Crippen molar-refractivity contribution in [1.82, 2.24) is 4.31 Å². The third-order valence-electron chi connectivity index (χ3n) is 3.98. The Morgan fingerprint density at radius 1 is 0.792 bits per heavy atom. The summed E-state index contributed by atoms with van der Waals surface area (Å²) in [5.41, 5.74) is 0.966. The largest absolute Gasteiger partial charge is 0.369 e. The van der Waals surface area contributed by atoms with Gasteiger partial charge in [-0.25, -0.2) is 21.6 Å². The average molecular weight is 356 g/mol. The Morgan fingerprint density at radius 2 is 1.42 bits per heavy atom. The van der Waals surface area contributed by atoms with Crippen LogP contribution in [0.5, 0.6) is 0 Å². The number of nitrogens with zero attached hydrogens (tertiary/aromatic N) is 2. The van der Waals surface area contributed by atoms with Crippen LogP contribution < -0.4 is 4.90 Å². The molecule has 0 N–H and O–H groups in total. The molecule has 1 heterocycles. The zero-order valence-electron chi connectivity index (χ0n) is 12.6. The van der Waals surface area contributed by atoms with Crippen LogP contribution in [0.2, 0.25) is 0 Å². The Morgan fingerprint density at radius 3 is 2.04 bits per heavy atom. The summed E-state index contributed by atoms with van der Waals surface area (Å²) in [6, 6.07) is 10.9. The number of hydrogen-bond acceptors (Lipinski definition) is 3. The first-order chi connectivity index (χ1) is 11.4. The minimum absolute atomic E-state index is 0.135. The van der Waals surface area contributed by atoms with E-state index < -0.39 is 32.4 Å². The molecule has 0 aromatic heterocycles. The van der Waals surface area contributed by atoms with Crippen molar-refractivity contribution >= 4 is 15.7 Å². The Hall–Kier alpha value is -2.06. The molecule has 0 bridgehead atoms. The van der Waals surface area contributed by atoms with Crippen molar-refractivity contribution in [3.8, 4) is 0 Å². The molecule has 0 amide bonds. The highest BCUT2D eigenvalue weighted by Gasteiger charge is 2.32. The standard InChI is InChI=1S/C16H15F3N2O2S/c17-13-6-7-14(16(19)15(13)18)24(22,23)21-10-8-20(9-11-21)12-4-2-1-3-5-12/h1-7H,8-11H2. The molecule has 0 spiro atoms. The van der Waals surface area contributed by atoms with E-state index in [-0.39, 0.29) is 13.1 Å². The van der Waals surface area contributed by atoms with Gasteiger partial charge in [0.2, 0.25) is 10.0 Å². The molecule has 1 aliphatic rings. The molecule has 2 aromatic carbocycles. The predicted octanol–water partition coefficient (Wildman–Crippen LogP) is 2.61. The first-order valence-corrected chi connectivity index (χ1v) is 8.79. The molecule has 128 valence electrons. The van der Waals surface area contributed by atoms with E-state index in [1.807, 2.05) is 35.2 Å². The van der Waals surface area contributed by atoms with Gasteiger partial charge in [-0.05, 0) is 24.3 Å². The van der Waals surface area contributed by atoms with E-state index in [0.29, 0.717) is 19.2 Å². The Kier molecular flexibility index (Phi) is 4.51. The first kappa shape index (κ1) is 16.8. The second-order valence-corrected chi connectivity index (χ2v) is 7.31. The molecular formula is C16H15F3N2O2S. The van der Waals surface area contributed by atoms with Crippen molar-refractivity contribution in [2.45, 2.75) is 4.90 Å². The Labute approximate surface area is 138 Å². The maximum Gasteiger partial charge on any atom is 0.246 e. The smallest absolute Gasteiger partial charge is 0.246 e.